The SMILES string of the molecule is NC(C(=O)O)c1cnc(C(=O)O)c(F)c1. The van der Waals surface area contributed by atoms with Crippen molar-refractivity contribution < 1.29 is 24.2 Å². The highest BCUT2D eigenvalue weighted by atomic mass is 19.1. The van der Waals surface area contributed by atoms with Crippen molar-refractivity contribution in [3.8, 4) is 0 Å². The number of nitrogens with zero attached hydrogens (tertiary/aromatic N) is 1. The highest BCUT2D eigenvalue weighted by molar-refractivity contribution is 5.85. The minimum Gasteiger partial charge on any atom is -0.480 e. The van der Waals surface area contributed by atoms with Gasteiger partial charge in [0.1, 0.15) is 6.04 Å². The van der Waals surface area contributed by atoms with E-state index in [1.165, 1.54) is 0 Å². The van der Waals surface area contributed by atoms with Crippen LogP contribution >= 0.6 is 0 Å². The van der Waals surface area contributed by atoms with Gasteiger partial charge in [0.05, 0.1) is 0 Å². The van der Waals surface area contributed by atoms with E-state index in [1.54, 1.807) is 0 Å². The van der Waals surface area contributed by atoms with Crippen LogP contribution in [0.3, 0.4) is 0 Å². The molecule has 0 radical (unpaired) electrons. The number of carbonyl (C=O) groups is 2. The van der Waals surface area contributed by atoms with E-state index in [-0.39, 0.29) is 5.56 Å². The first-order valence-electron chi connectivity index (χ1n) is 3.80. The molecule has 0 aromatic carbocycles. The van der Waals surface area contributed by atoms with Crippen LogP contribution < -0.4 is 5.73 Å². The van der Waals surface area contributed by atoms with Crippen molar-refractivity contribution in [2.45, 2.75) is 6.04 Å². The maximum Gasteiger partial charge on any atom is 0.357 e. The van der Waals surface area contributed by atoms with Gasteiger partial charge in [-0.1, -0.05) is 0 Å². The van der Waals surface area contributed by atoms with Gasteiger partial charge < -0.3 is 15.9 Å². The zero-order valence-corrected chi connectivity index (χ0v) is 7.35. The smallest absolute Gasteiger partial charge is 0.357 e. The Hall–Kier alpha value is -2.02. The zero-order chi connectivity index (χ0) is 11.6. The van der Waals surface area contributed by atoms with E-state index in [4.69, 9.17) is 15.9 Å². The molecule has 80 valence electrons. The summed E-state index contributed by atoms with van der Waals surface area (Å²) in [6.45, 7) is 0. The second kappa shape index (κ2) is 4.01. The molecule has 0 saturated carbocycles. The number of aromatic nitrogens is 1. The van der Waals surface area contributed by atoms with Gasteiger partial charge in [-0.15, -0.1) is 0 Å². The fraction of sp³-hybridized carbons (Fsp3) is 0.125. The van der Waals surface area contributed by atoms with Gasteiger partial charge in [0.2, 0.25) is 0 Å². The lowest BCUT2D eigenvalue weighted by Crippen LogP contribution is -2.21. The predicted octanol–water partition coefficient (Wildman–Crippen LogP) is 0.00330. The first kappa shape index (κ1) is 11.1. The molecule has 1 aromatic rings. The molecule has 0 saturated heterocycles. The van der Waals surface area contributed by atoms with Crippen LogP contribution in [0.4, 0.5) is 4.39 Å². The number of hydrogen-bond donors (Lipinski definition) is 3. The minimum absolute atomic E-state index is 0.0926. The van der Waals surface area contributed by atoms with Crippen molar-refractivity contribution in [2.24, 2.45) is 5.73 Å². The van der Waals surface area contributed by atoms with E-state index in [0.717, 1.165) is 12.3 Å². The van der Waals surface area contributed by atoms with E-state index in [2.05, 4.69) is 4.98 Å². The van der Waals surface area contributed by atoms with Gasteiger partial charge in [0, 0.05) is 11.8 Å². The lowest BCUT2D eigenvalue weighted by molar-refractivity contribution is -0.138. The van der Waals surface area contributed by atoms with Crippen LogP contribution in [0.15, 0.2) is 12.3 Å². The van der Waals surface area contributed by atoms with Crippen LogP contribution in [0.5, 0.6) is 0 Å². The third-order valence-electron chi connectivity index (χ3n) is 1.69. The summed E-state index contributed by atoms with van der Waals surface area (Å²) in [6, 6.07) is -0.676. The Morgan fingerprint density at radius 2 is 2.07 bits per heavy atom. The first-order valence-corrected chi connectivity index (χ1v) is 3.80. The number of pyridine rings is 1. The lowest BCUT2D eigenvalue weighted by atomic mass is 10.1. The molecule has 15 heavy (non-hydrogen) atoms. The third-order valence-corrected chi connectivity index (χ3v) is 1.69. The molecule has 1 atom stereocenters. The number of aliphatic carboxylic acids is 1. The third kappa shape index (κ3) is 2.26. The molecule has 0 aliphatic carbocycles. The summed E-state index contributed by atoms with van der Waals surface area (Å²) in [4.78, 5) is 24.1. The average Bonchev–Trinajstić information content (AvgIpc) is 2.15. The molecule has 0 amide bonds. The summed E-state index contributed by atoms with van der Waals surface area (Å²) in [7, 11) is 0. The van der Waals surface area contributed by atoms with Crippen molar-refractivity contribution in [1.29, 1.82) is 0 Å². The molecule has 1 aromatic heterocycles. The van der Waals surface area contributed by atoms with Crippen molar-refractivity contribution in [3.63, 3.8) is 0 Å². The molecule has 7 heteroatoms. The second-order valence-electron chi connectivity index (χ2n) is 2.72. The quantitative estimate of drug-likeness (QED) is 0.652. The first-order chi connectivity index (χ1) is 6.93. The van der Waals surface area contributed by atoms with E-state index in [9.17, 15) is 14.0 Å². The summed E-state index contributed by atoms with van der Waals surface area (Å²) in [6.07, 6.45) is 0.922. The molecule has 0 spiro atoms. The molecule has 0 bridgehead atoms. The maximum atomic E-state index is 13.0. The molecule has 1 rings (SSSR count). The summed E-state index contributed by atoms with van der Waals surface area (Å²) in [5.74, 6) is -3.99. The van der Waals surface area contributed by atoms with Gasteiger partial charge in [-0.25, -0.2) is 14.2 Å². The Kier molecular flexibility index (Phi) is 2.96. The maximum absolute atomic E-state index is 13.0. The van der Waals surface area contributed by atoms with Gasteiger partial charge in [0.15, 0.2) is 11.5 Å². The van der Waals surface area contributed by atoms with Crippen molar-refractivity contribution >= 4 is 11.9 Å². The Morgan fingerprint density at radius 1 is 1.47 bits per heavy atom. The minimum atomic E-state index is -1.53. The number of hydrogen-bond acceptors (Lipinski definition) is 4. The number of nitrogens with two attached hydrogens (primary N) is 1. The zero-order valence-electron chi connectivity index (χ0n) is 7.35. The van der Waals surface area contributed by atoms with E-state index >= 15 is 0 Å². The normalized spacial score (nSPS) is 12.1. The molecule has 4 N–H and O–H groups in total. The van der Waals surface area contributed by atoms with Gasteiger partial charge in [-0.2, -0.15) is 0 Å². The summed E-state index contributed by atoms with van der Waals surface area (Å²) in [5.41, 5.74) is 4.32. The molecule has 1 heterocycles. The topological polar surface area (TPSA) is 114 Å². The Balaban J connectivity index is 3.12. The standard InChI is InChI=1S/C8H7FN2O4/c9-4-1-3(5(10)7(12)13)2-11-6(4)8(14)15/h1-2,5H,10H2,(H,12,13)(H,14,15). The van der Waals surface area contributed by atoms with Gasteiger partial charge in [-0.3, -0.25) is 4.79 Å². The number of halogens is 1. The van der Waals surface area contributed by atoms with Crippen LogP contribution in [0.1, 0.15) is 22.1 Å². The Labute approximate surface area is 83.2 Å². The Bertz CT molecular complexity index is 421. The molecule has 1 unspecified atom stereocenters. The van der Waals surface area contributed by atoms with Gasteiger partial charge in [-0.05, 0) is 6.07 Å². The fourth-order valence-electron chi connectivity index (χ4n) is 0.923. The van der Waals surface area contributed by atoms with E-state index in [1.807, 2.05) is 0 Å². The van der Waals surface area contributed by atoms with Crippen LogP contribution in [0.25, 0.3) is 0 Å². The molecule has 0 aliphatic heterocycles. The predicted molar refractivity (Wildman–Crippen MR) is 45.7 cm³/mol. The summed E-state index contributed by atoms with van der Waals surface area (Å²) >= 11 is 0. The second-order valence-corrected chi connectivity index (χ2v) is 2.72. The number of rotatable bonds is 3. The summed E-state index contributed by atoms with van der Waals surface area (Å²) < 4.78 is 13.0. The van der Waals surface area contributed by atoms with E-state index < -0.39 is 29.5 Å². The fourth-order valence-corrected chi connectivity index (χ4v) is 0.923. The molecule has 0 aliphatic rings. The number of aromatic carboxylic acids is 1. The van der Waals surface area contributed by atoms with Crippen LogP contribution in [0, 0.1) is 5.82 Å². The van der Waals surface area contributed by atoms with Gasteiger partial charge >= 0.3 is 11.9 Å². The van der Waals surface area contributed by atoms with Gasteiger partial charge in [0.25, 0.3) is 0 Å². The van der Waals surface area contributed by atoms with E-state index in [0.29, 0.717) is 0 Å². The molecule has 6 nitrogen and oxygen atoms in total. The summed E-state index contributed by atoms with van der Waals surface area (Å²) in [5, 5.41) is 17.0. The molecule has 0 fully saturated rings. The molecular weight excluding hydrogens is 207 g/mol. The Morgan fingerprint density at radius 3 is 2.47 bits per heavy atom. The molecular formula is C8H7FN2O4. The van der Waals surface area contributed by atoms with Crippen LogP contribution in [-0.2, 0) is 4.79 Å². The van der Waals surface area contributed by atoms with Crippen molar-refractivity contribution in [3.05, 3.63) is 29.3 Å². The largest absolute Gasteiger partial charge is 0.480 e. The monoisotopic (exact) mass is 214 g/mol. The average molecular weight is 214 g/mol. The highest BCUT2D eigenvalue weighted by Crippen LogP contribution is 2.13. The number of carboxylic acids is 2. The lowest BCUT2D eigenvalue weighted by Gasteiger charge is -2.06. The van der Waals surface area contributed by atoms with Crippen molar-refractivity contribution in [1.82, 2.24) is 4.98 Å². The van der Waals surface area contributed by atoms with Crippen LogP contribution in [-0.4, -0.2) is 27.1 Å². The van der Waals surface area contributed by atoms with Crippen molar-refractivity contribution in [2.75, 3.05) is 0 Å². The number of carboxylic acid groups (broad SMARTS) is 2. The highest BCUT2D eigenvalue weighted by Gasteiger charge is 2.19. The van der Waals surface area contributed by atoms with Crippen LogP contribution in [0.2, 0.25) is 0 Å².